The van der Waals surface area contributed by atoms with Gasteiger partial charge in [-0.25, -0.2) is 9.97 Å². The molecule has 0 unspecified atom stereocenters. The number of anilines is 1. The van der Waals surface area contributed by atoms with Crippen LogP contribution in [0.3, 0.4) is 0 Å². The molecule has 5 aromatic rings. The number of nitrogens with one attached hydrogen (secondary N) is 5. The van der Waals surface area contributed by atoms with E-state index in [1.807, 2.05) is 75.7 Å². The van der Waals surface area contributed by atoms with E-state index >= 15 is 0 Å². The average Bonchev–Trinajstić information content (AvgIpc) is 4.08. The number of β-amino-alcohol motifs (C(OH)–C–C–N with tert-alkyl or cyclic N) is 1. The molecule has 342 valence electrons. The normalized spacial score (nSPS) is 16.7. The molecule has 0 saturated carbocycles. The van der Waals surface area contributed by atoms with Gasteiger partial charge in [0.1, 0.15) is 22.1 Å². The number of amides is 4. The highest BCUT2D eigenvalue weighted by molar-refractivity contribution is 7.23. The minimum Gasteiger partial charge on any atom is -0.391 e. The zero-order chi connectivity index (χ0) is 45.2. The number of likely N-dealkylation sites (tertiary alicyclic amines) is 1. The lowest BCUT2D eigenvalue weighted by molar-refractivity contribution is -0.144. The highest BCUT2D eigenvalue weighted by Gasteiger charge is 2.44. The minimum absolute atomic E-state index is 0.00129. The van der Waals surface area contributed by atoms with Gasteiger partial charge >= 0.3 is 0 Å². The standard InChI is InChI=1S/C46H58N8O7S3/c1-28-40(62-27-50-28)30-11-9-29(10-12-30)24-49-42(58)34-23-31(55)26-54(34)45(59)41(46(2,3)4)52-38(57)15-19-60-21-22-61-20-18-47-17-14-37(56)53-44-39(32-13-16-48-25-36(32)64-44)43-51-33-7-5-6-8-35(33)63-43/h5-12,27,31,34,41,47-48,55H,13-26H2,1-4H3,(H,49,58)(H,52,57)(H,53,56)/t31-,34+,41-/m1/s1. The van der Waals surface area contributed by atoms with E-state index in [1.54, 1.807) is 34.0 Å². The molecule has 2 aromatic carbocycles. The van der Waals surface area contributed by atoms with Gasteiger partial charge in [0.25, 0.3) is 0 Å². The third kappa shape index (κ3) is 12.2. The number of carbonyl (C=O) groups is 4. The van der Waals surface area contributed by atoms with E-state index in [0.717, 1.165) is 67.0 Å². The number of carbonyl (C=O) groups excluding carboxylic acids is 4. The van der Waals surface area contributed by atoms with Crippen LogP contribution in [0.2, 0.25) is 0 Å². The molecule has 3 atom stereocenters. The predicted octanol–water partition coefficient (Wildman–Crippen LogP) is 5.25. The van der Waals surface area contributed by atoms with Crippen LogP contribution >= 0.6 is 34.0 Å². The maximum atomic E-state index is 14.0. The van der Waals surface area contributed by atoms with Crippen molar-refractivity contribution in [3.8, 4) is 21.0 Å². The zero-order valence-electron chi connectivity index (χ0n) is 36.8. The first kappa shape index (κ1) is 47.3. The number of hydrogen-bond acceptors (Lipinski definition) is 14. The van der Waals surface area contributed by atoms with E-state index in [-0.39, 0.29) is 56.9 Å². The average molecular weight is 931 g/mol. The lowest BCUT2D eigenvalue weighted by Crippen LogP contribution is -2.57. The van der Waals surface area contributed by atoms with E-state index in [4.69, 9.17) is 14.5 Å². The van der Waals surface area contributed by atoms with Crippen molar-refractivity contribution in [2.45, 2.75) is 84.7 Å². The molecule has 2 aliphatic heterocycles. The van der Waals surface area contributed by atoms with Gasteiger partial charge in [-0.2, -0.15) is 0 Å². The lowest BCUT2D eigenvalue weighted by atomic mass is 9.85. The van der Waals surface area contributed by atoms with Crippen LogP contribution in [-0.4, -0.2) is 114 Å². The second kappa shape index (κ2) is 22.0. The van der Waals surface area contributed by atoms with Crippen molar-refractivity contribution in [1.29, 1.82) is 0 Å². The van der Waals surface area contributed by atoms with E-state index in [2.05, 4.69) is 37.6 Å². The van der Waals surface area contributed by atoms with Crippen LogP contribution in [0.1, 0.15) is 61.7 Å². The fourth-order valence-corrected chi connectivity index (χ4v) is 10.9. The molecule has 0 radical (unpaired) electrons. The summed E-state index contributed by atoms with van der Waals surface area (Å²) in [5.74, 6) is -1.19. The molecule has 1 fully saturated rings. The van der Waals surface area contributed by atoms with Gasteiger partial charge in [0.15, 0.2) is 0 Å². The SMILES string of the molecule is Cc1ncsc1-c1ccc(CNC(=O)[C@@H]2C[C@@H](O)CN2C(=O)[C@@H](NC(=O)CCOCCOCCNCCC(=O)Nc2sc3c(c2-c2nc4ccccc4s2)CCNC3)C(C)(C)C)cc1. The summed E-state index contributed by atoms with van der Waals surface area (Å²) in [6, 6.07) is 14.2. The highest BCUT2D eigenvalue weighted by atomic mass is 32.1. The first-order valence-electron chi connectivity index (χ1n) is 21.8. The van der Waals surface area contributed by atoms with Gasteiger partial charge in [0.2, 0.25) is 23.6 Å². The molecule has 64 heavy (non-hydrogen) atoms. The van der Waals surface area contributed by atoms with Crippen molar-refractivity contribution in [2.24, 2.45) is 5.41 Å². The minimum atomic E-state index is -0.925. The number of aromatic nitrogens is 2. The molecule has 1 saturated heterocycles. The molecule has 0 spiro atoms. The number of ether oxygens (including phenoxy) is 2. The quantitative estimate of drug-likeness (QED) is 0.0558. The molecule has 0 bridgehead atoms. The van der Waals surface area contributed by atoms with Crippen molar-refractivity contribution >= 4 is 72.9 Å². The molecular weight excluding hydrogens is 873 g/mol. The predicted molar refractivity (Wildman–Crippen MR) is 252 cm³/mol. The third-order valence-corrected chi connectivity index (χ3v) is 14.4. The number of hydrogen-bond donors (Lipinski definition) is 6. The van der Waals surface area contributed by atoms with Gasteiger partial charge in [0.05, 0.1) is 58.8 Å². The largest absolute Gasteiger partial charge is 0.391 e. The van der Waals surface area contributed by atoms with Gasteiger partial charge in [-0.3, -0.25) is 19.2 Å². The molecule has 18 heteroatoms. The van der Waals surface area contributed by atoms with Crippen LogP contribution in [0.15, 0.2) is 54.0 Å². The topological polar surface area (TPSA) is 196 Å². The Morgan fingerprint density at radius 1 is 0.969 bits per heavy atom. The Labute approximate surface area is 385 Å². The van der Waals surface area contributed by atoms with Crippen LogP contribution in [0.4, 0.5) is 5.00 Å². The van der Waals surface area contributed by atoms with Crippen LogP contribution in [-0.2, 0) is 48.2 Å². The zero-order valence-corrected chi connectivity index (χ0v) is 39.2. The van der Waals surface area contributed by atoms with E-state index in [1.165, 1.54) is 15.3 Å². The van der Waals surface area contributed by atoms with E-state index in [0.29, 0.717) is 32.7 Å². The second-order valence-electron chi connectivity index (χ2n) is 17.1. The second-order valence-corrected chi connectivity index (χ2v) is 20.1. The lowest BCUT2D eigenvalue weighted by Gasteiger charge is -2.35. The molecule has 2 aliphatic rings. The summed E-state index contributed by atoms with van der Waals surface area (Å²) < 4.78 is 12.4. The number of nitrogens with zero attached hydrogens (tertiary/aromatic N) is 3. The Bertz CT molecular complexity index is 2360. The van der Waals surface area contributed by atoms with Crippen LogP contribution < -0.4 is 26.6 Å². The maximum absolute atomic E-state index is 14.0. The molecule has 6 N–H and O–H groups in total. The molecular formula is C46H58N8O7S3. The number of rotatable bonds is 20. The summed E-state index contributed by atoms with van der Waals surface area (Å²) in [7, 11) is 0. The molecule has 4 amide bonds. The van der Waals surface area contributed by atoms with Crippen molar-refractivity contribution in [2.75, 3.05) is 57.9 Å². The Morgan fingerprint density at radius 3 is 2.50 bits per heavy atom. The third-order valence-electron chi connectivity index (χ3n) is 11.2. The van der Waals surface area contributed by atoms with Crippen LogP contribution in [0, 0.1) is 12.3 Å². The summed E-state index contributed by atoms with van der Waals surface area (Å²) in [5.41, 5.74) is 7.36. The number of aryl methyl sites for hydroxylation is 1. The van der Waals surface area contributed by atoms with Gasteiger partial charge in [-0.05, 0) is 54.1 Å². The van der Waals surface area contributed by atoms with Crippen LogP contribution in [0.25, 0.3) is 31.2 Å². The summed E-state index contributed by atoms with van der Waals surface area (Å²) in [6.07, 6.45) is 0.497. The van der Waals surface area contributed by atoms with E-state index in [9.17, 15) is 24.3 Å². The number of thiophene rings is 1. The fourth-order valence-electron chi connectivity index (χ4n) is 7.79. The van der Waals surface area contributed by atoms with Crippen molar-refractivity contribution in [1.82, 2.24) is 36.1 Å². The monoisotopic (exact) mass is 930 g/mol. The smallest absolute Gasteiger partial charge is 0.246 e. The summed E-state index contributed by atoms with van der Waals surface area (Å²) in [4.78, 5) is 66.4. The van der Waals surface area contributed by atoms with Crippen LogP contribution in [0.5, 0.6) is 0 Å². The molecule has 3 aromatic heterocycles. The Morgan fingerprint density at radius 2 is 1.75 bits per heavy atom. The molecule has 15 nitrogen and oxygen atoms in total. The first-order chi connectivity index (χ1) is 30.9. The fraction of sp³-hybridized carbons (Fsp3) is 0.478. The highest BCUT2D eigenvalue weighted by Crippen LogP contribution is 2.45. The van der Waals surface area contributed by atoms with Gasteiger partial charge in [-0.1, -0.05) is 57.2 Å². The summed E-state index contributed by atoms with van der Waals surface area (Å²) in [5, 5.41) is 28.0. The number of fused-ring (bicyclic) bond motifs is 2. The summed E-state index contributed by atoms with van der Waals surface area (Å²) >= 11 is 4.86. The Balaban J connectivity index is 0.773. The molecule has 5 heterocycles. The number of para-hydroxylation sites is 1. The van der Waals surface area contributed by atoms with Crippen molar-refractivity contribution in [3.05, 3.63) is 75.7 Å². The Kier molecular flexibility index (Phi) is 16.3. The number of aliphatic hydroxyl groups excluding tert-OH is 1. The Hall–Kier alpha value is -4.66. The van der Waals surface area contributed by atoms with Gasteiger partial charge in [0, 0.05) is 62.4 Å². The first-order valence-corrected chi connectivity index (χ1v) is 24.3. The summed E-state index contributed by atoms with van der Waals surface area (Å²) in [6.45, 7) is 11.7. The maximum Gasteiger partial charge on any atom is 0.246 e. The van der Waals surface area contributed by atoms with Crippen molar-refractivity contribution in [3.63, 3.8) is 0 Å². The number of benzene rings is 2. The number of thiazole rings is 2. The number of aliphatic hydroxyl groups is 1. The van der Waals surface area contributed by atoms with Gasteiger partial charge < -0.3 is 46.1 Å². The van der Waals surface area contributed by atoms with Gasteiger partial charge in [-0.15, -0.1) is 34.0 Å². The van der Waals surface area contributed by atoms with E-state index < -0.39 is 29.5 Å². The van der Waals surface area contributed by atoms with Crippen molar-refractivity contribution < 1.29 is 33.8 Å². The molecule has 7 rings (SSSR count). The molecule has 0 aliphatic carbocycles.